The monoisotopic (exact) mass is 2720 g/mol. The quantitative estimate of drug-likeness (QED) is 0.0311. The predicted octanol–water partition coefficient (Wildman–Crippen LogP) is 31.9. The van der Waals surface area contributed by atoms with Crippen LogP contribution in [0.15, 0.2) is 370 Å². The van der Waals surface area contributed by atoms with Crippen molar-refractivity contribution in [1.82, 2.24) is 19.9 Å². The van der Waals surface area contributed by atoms with Gasteiger partial charge in [0.25, 0.3) is 0 Å². The number of pyridine rings is 4. The average molecular weight is 2720 g/mol. The van der Waals surface area contributed by atoms with Gasteiger partial charge in [0.05, 0.1) is 69.9 Å². The van der Waals surface area contributed by atoms with Crippen LogP contribution >= 0.6 is 0 Å². The zero-order chi connectivity index (χ0) is 105. The summed E-state index contributed by atoms with van der Waals surface area (Å²) in [6.45, 7) is 34.1. The van der Waals surface area contributed by atoms with Crippen LogP contribution in [-0.4, -0.2) is 93.2 Å². The Morgan fingerprint density at radius 1 is 0.420 bits per heavy atom. The van der Waals surface area contributed by atoms with E-state index in [0.717, 1.165) is 122 Å². The van der Waals surface area contributed by atoms with Gasteiger partial charge < -0.3 is 94.4 Å². The summed E-state index contributed by atoms with van der Waals surface area (Å²) in [5, 5.41) is 75.7. The molecule has 4 aromatic heterocycles. The SMILES string of the molecule is CC(C)(C)C(O)=CC(O)C(C)(C)C.CC(C)(C)c1ccc(N2c3ccc(-c4ccccn4)[c-]c3Oc3ccccc32)cc1.CC(O)=CC(C)O.CC1(C)c2ccccc2Oc2c[c-]c(-c3ccccn3)cc21.CCC(CC)C(O)=CC(O)C(CC)CC.CN1c2c[c-]c(-c3ccccn3)cc2N(C)c2ccccc21.OC(=CC(O)c1ccccc1)c1ccccc1.[Ir].[Ir].[Ir].[Ir].[c-]1ccc2c(c1-c1ccccn1)Oc1ccccc1O2. The number of ether oxygens (including phenoxy) is 4. The van der Waals surface area contributed by atoms with E-state index in [0.29, 0.717) is 34.3 Å². The van der Waals surface area contributed by atoms with Crippen LogP contribution in [0.3, 0.4) is 0 Å². The van der Waals surface area contributed by atoms with Crippen LogP contribution in [0.25, 0.3) is 50.8 Å². The Hall–Kier alpha value is -12.8. The first-order valence-electron chi connectivity index (χ1n) is 49.7. The molecule has 0 saturated heterocycles. The molecule has 11 aromatic carbocycles. The van der Waals surface area contributed by atoms with Gasteiger partial charge in [-0.05, 0) is 192 Å². The second-order valence-electron chi connectivity index (χ2n) is 39.5. The molecule has 0 bridgehead atoms. The summed E-state index contributed by atoms with van der Waals surface area (Å²) in [6.07, 6.45) is 14.4. The Kier molecular flexibility index (Phi) is 46.9. The standard InChI is InChI=1S/C27H23N2O.C20H16NO.C19H16N3.C17H10NO2.C15H14O2.C13H26O2.C11H22O2.C5H10O2.4Ir/c1-27(2,3)20-12-14-21(15-13-20)29-23-9-4-5-10-25(23)30-26-18-19(11-16-24(26)29)22-8-6-7-17-28-22;1-20(2)15-7-3-4-9-18(15)22-19-11-10-14(13-16(19)20)17-8-5-6-12-21-17;1-21-16-8-3-4-9-17(16)22(2)19-13-14(10-11-18(19)21)15-7-5-6-12-20-15;1-2-9-15-14(8-1)19-16-10-5-6-12(17(16)20-15)13-7-3-4-11-18-13;16-14(12-7-3-1-4-8-12)11-15(17)13-9-5-2-6-10-13;1-5-10(6-2)12(14)9-13(15)11(7-3)8-4;1-10(2,3)8(12)7-9(13)11(4,5)6;1-4(6)3-5(2)7;;;;/h4-17H,1-3H3;2*3-9,11-13H,1-2H3;1-5,7-11H;1-11,14,16-17H;9-12,14-15H,5-8H2,1-4H3;7-8,12-13H,1-6H3;3-4,6-7H,1-2H3;;;;/q4*-1;;;;;;;;. The van der Waals surface area contributed by atoms with Crippen LogP contribution < -0.4 is 33.6 Å². The van der Waals surface area contributed by atoms with Crippen molar-refractivity contribution in [3.05, 3.63) is 422 Å². The number of rotatable bonds is 17. The van der Waals surface area contributed by atoms with Crippen LogP contribution in [-0.2, 0) is 91.3 Å². The fraction of sp³-hybridized carbons (Fsp3) is 0.260. The molecule has 0 saturated carbocycles. The summed E-state index contributed by atoms with van der Waals surface area (Å²) in [5.41, 5.74) is 19.8. The van der Waals surface area contributed by atoms with Crippen molar-refractivity contribution in [2.75, 3.05) is 28.8 Å². The third-order valence-corrected chi connectivity index (χ3v) is 25.2. The average Bonchev–Trinajstić information content (AvgIpc) is 0.751. The summed E-state index contributed by atoms with van der Waals surface area (Å²) < 4.78 is 24.1. The molecule has 8 N–H and O–H groups in total. The van der Waals surface area contributed by atoms with Crippen LogP contribution in [0.1, 0.15) is 177 Å². The number of hydrogen-bond donors (Lipinski definition) is 8. The number of para-hydroxylation sites is 7. The van der Waals surface area contributed by atoms with E-state index in [4.69, 9.17) is 29.2 Å². The van der Waals surface area contributed by atoms with Crippen LogP contribution in [0.5, 0.6) is 46.0 Å². The molecule has 19 rings (SSSR count). The van der Waals surface area contributed by atoms with Crippen molar-refractivity contribution in [1.29, 1.82) is 0 Å². The number of fused-ring (bicyclic) bond motifs is 8. The number of aliphatic hydroxyl groups excluding tert-OH is 8. The van der Waals surface area contributed by atoms with Gasteiger partial charge in [-0.25, -0.2) is 0 Å². The number of benzene rings is 11. The molecular weight excluding hydrogens is 2580 g/mol. The maximum absolute atomic E-state index is 9.92. The van der Waals surface area contributed by atoms with Gasteiger partial charge in [-0.2, -0.15) is 0 Å². The summed E-state index contributed by atoms with van der Waals surface area (Å²) in [7, 11) is 4.20. The largest absolute Gasteiger partial charge is 0.513 e. The van der Waals surface area contributed by atoms with Gasteiger partial charge in [-0.1, -0.05) is 316 Å². The van der Waals surface area contributed by atoms with Gasteiger partial charge in [0, 0.05) is 164 Å². The van der Waals surface area contributed by atoms with Crippen molar-refractivity contribution >= 4 is 45.6 Å². The van der Waals surface area contributed by atoms with E-state index in [9.17, 15) is 30.6 Å². The molecule has 4 aliphatic rings. The number of aliphatic hydroxyl groups is 8. The number of aromatic nitrogens is 4. The number of anilines is 7. The van der Waals surface area contributed by atoms with E-state index >= 15 is 0 Å². The minimum absolute atomic E-state index is 0. The summed E-state index contributed by atoms with van der Waals surface area (Å²) in [6, 6.07) is 112. The van der Waals surface area contributed by atoms with E-state index in [-0.39, 0.29) is 131 Å². The normalized spacial score (nSPS) is 13.4. The fourth-order valence-corrected chi connectivity index (χ4v) is 16.5. The third-order valence-electron chi connectivity index (χ3n) is 25.2. The molecule has 0 spiro atoms. The minimum Gasteiger partial charge on any atom is -0.513 e. The molecule has 792 valence electrons. The molecule has 15 aromatic rings. The van der Waals surface area contributed by atoms with Crippen molar-refractivity contribution in [2.24, 2.45) is 22.7 Å². The molecule has 19 nitrogen and oxygen atoms in total. The molecular formula is C127H137Ir4N7O12-4. The number of hydrogen-bond acceptors (Lipinski definition) is 19. The Balaban J connectivity index is 0.000000213. The maximum Gasteiger partial charge on any atom is 0.166 e. The van der Waals surface area contributed by atoms with Crippen molar-refractivity contribution in [3.8, 4) is 91.0 Å². The first kappa shape index (κ1) is 122. The summed E-state index contributed by atoms with van der Waals surface area (Å²) in [4.78, 5) is 24.3. The van der Waals surface area contributed by atoms with E-state index in [1.54, 1.807) is 43.7 Å². The van der Waals surface area contributed by atoms with Crippen molar-refractivity contribution in [2.45, 2.75) is 179 Å². The summed E-state index contributed by atoms with van der Waals surface area (Å²) in [5.74, 6) is 7.42. The molecule has 4 atom stereocenters. The van der Waals surface area contributed by atoms with Gasteiger partial charge in [-0.3, -0.25) is 0 Å². The van der Waals surface area contributed by atoms with Gasteiger partial charge in [0.2, 0.25) is 0 Å². The van der Waals surface area contributed by atoms with Gasteiger partial charge in [-0.15, -0.1) is 77.4 Å². The summed E-state index contributed by atoms with van der Waals surface area (Å²) >= 11 is 0. The van der Waals surface area contributed by atoms with Gasteiger partial charge >= 0.3 is 0 Å². The van der Waals surface area contributed by atoms with Crippen LogP contribution in [0.4, 0.5) is 39.8 Å². The smallest absolute Gasteiger partial charge is 0.166 e. The van der Waals surface area contributed by atoms with Crippen molar-refractivity contribution < 1.29 is 140 Å². The molecule has 4 aliphatic heterocycles. The molecule has 0 amide bonds. The zero-order valence-corrected chi connectivity index (χ0v) is 98.0. The van der Waals surface area contributed by atoms with Crippen LogP contribution in [0, 0.1) is 46.9 Å². The molecule has 4 radical (unpaired) electrons. The Morgan fingerprint density at radius 3 is 1.41 bits per heavy atom. The maximum atomic E-state index is 9.92. The number of allylic oxidation sites excluding steroid dienone is 3. The molecule has 150 heavy (non-hydrogen) atoms. The molecule has 0 fully saturated rings. The van der Waals surface area contributed by atoms with E-state index in [1.807, 2.05) is 248 Å². The predicted molar refractivity (Wildman–Crippen MR) is 592 cm³/mol. The van der Waals surface area contributed by atoms with Gasteiger partial charge in [0.1, 0.15) is 23.4 Å². The van der Waals surface area contributed by atoms with Gasteiger partial charge in [0.15, 0.2) is 11.5 Å². The Bertz CT molecular complexity index is 6860. The van der Waals surface area contributed by atoms with E-state index in [1.165, 1.54) is 58.9 Å². The Labute approximate surface area is 940 Å². The third kappa shape index (κ3) is 32.9. The second-order valence-corrected chi connectivity index (χ2v) is 39.5. The molecule has 0 aliphatic carbocycles. The molecule has 8 heterocycles. The van der Waals surface area contributed by atoms with Crippen LogP contribution in [0.2, 0.25) is 0 Å². The minimum atomic E-state index is -0.795. The van der Waals surface area contributed by atoms with E-state index < -0.39 is 24.4 Å². The van der Waals surface area contributed by atoms with E-state index in [2.05, 4.69) is 226 Å². The topological polar surface area (TPSA) is 260 Å². The van der Waals surface area contributed by atoms with Crippen molar-refractivity contribution in [3.63, 3.8) is 0 Å². The first-order chi connectivity index (χ1) is 69.9. The number of nitrogens with zero attached hydrogens (tertiary/aromatic N) is 7. The zero-order valence-electron chi connectivity index (χ0n) is 88.5. The molecule has 4 unspecified atom stereocenters. The first-order valence-corrected chi connectivity index (χ1v) is 49.7. The second kappa shape index (κ2) is 57.4. The molecule has 23 heteroatoms. The Morgan fingerprint density at radius 2 is 0.900 bits per heavy atom. The fourth-order valence-electron chi connectivity index (χ4n) is 16.5.